The quantitative estimate of drug-likeness (QED) is 0.598. The van der Waals surface area contributed by atoms with Crippen LogP contribution in [0.3, 0.4) is 0 Å². The maximum Gasteiger partial charge on any atom is 0.277 e. The molecule has 8 heteroatoms. The molecule has 1 saturated heterocycles. The number of benzene rings is 1. The second-order valence-corrected chi connectivity index (χ2v) is 6.77. The number of rotatable bonds is 5. The van der Waals surface area contributed by atoms with Gasteiger partial charge in [-0.1, -0.05) is 37.3 Å². The zero-order valence-electron chi connectivity index (χ0n) is 17.0. The van der Waals surface area contributed by atoms with Crippen molar-refractivity contribution in [2.75, 3.05) is 31.6 Å². The van der Waals surface area contributed by atoms with Gasteiger partial charge in [0.1, 0.15) is 5.84 Å². The summed E-state index contributed by atoms with van der Waals surface area (Å²) in [5.41, 5.74) is 5.47. The number of nitrogens with one attached hydrogen (secondary N) is 1. The minimum atomic E-state index is -0.634. The Morgan fingerprint density at radius 1 is 1.17 bits per heavy atom. The number of carbonyl (C=O) groups is 1. The van der Waals surface area contributed by atoms with Crippen LogP contribution in [0.5, 0.6) is 0 Å². The molecule has 0 unspecified atom stereocenters. The van der Waals surface area contributed by atoms with E-state index in [2.05, 4.69) is 58.0 Å². The monoisotopic (exact) mass is 394 g/mol. The lowest BCUT2D eigenvalue weighted by Gasteiger charge is -2.39. The lowest BCUT2D eigenvalue weighted by Crippen LogP contribution is -2.50. The molecule has 0 aliphatic carbocycles. The molecule has 1 fully saturated rings. The molecule has 1 aromatic heterocycles. The Morgan fingerprint density at radius 2 is 1.86 bits per heavy atom. The van der Waals surface area contributed by atoms with Crippen molar-refractivity contribution in [3.8, 4) is 0 Å². The van der Waals surface area contributed by atoms with Gasteiger partial charge in [0.05, 0.1) is 12.1 Å². The highest BCUT2D eigenvalue weighted by Gasteiger charge is 2.27. The van der Waals surface area contributed by atoms with Crippen LogP contribution in [0, 0.1) is 0 Å². The normalized spacial score (nSPS) is 16.6. The first-order chi connectivity index (χ1) is 14.1. The minimum Gasteiger partial charge on any atom is -0.332 e. The molecule has 152 valence electrons. The summed E-state index contributed by atoms with van der Waals surface area (Å²) in [6.45, 7) is 6.36. The fourth-order valence-corrected chi connectivity index (χ4v) is 3.35. The van der Waals surface area contributed by atoms with E-state index in [4.69, 9.17) is 5.21 Å². The zero-order chi connectivity index (χ0) is 20.8. The van der Waals surface area contributed by atoms with Crippen LogP contribution in [0.4, 0.5) is 5.95 Å². The van der Waals surface area contributed by atoms with Crippen LogP contribution in [-0.4, -0.2) is 58.5 Å². The summed E-state index contributed by atoms with van der Waals surface area (Å²) >= 11 is 0. The minimum absolute atomic E-state index is 0.201. The van der Waals surface area contributed by atoms with E-state index in [1.54, 1.807) is 12.5 Å². The van der Waals surface area contributed by atoms with E-state index in [1.807, 2.05) is 11.0 Å². The van der Waals surface area contributed by atoms with Gasteiger partial charge in [0, 0.05) is 38.2 Å². The molecule has 0 saturated carbocycles. The van der Waals surface area contributed by atoms with E-state index >= 15 is 0 Å². The van der Waals surface area contributed by atoms with Crippen molar-refractivity contribution in [3.63, 3.8) is 0 Å². The number of amides is 1. The summed E-state index contributed by atoms with van der Waals surface area (Å²) in [4.78, 5) is 28.9. The highest BCUT2D eigenvalue weighted by atomic mass is 16.5. The number of piperazine rings is 1. The molecule has 1 aliphatic heterocycles. The third-order valence-electron chi connectivity index (χ3n) is 5.03. The molecule has 8 nitrogen and oxygen atoms in total. The van der Waals surface area contributed by atoms with E-state index in [0.29, 0.717) is 12.5 Å². The summed E-state index contributed by atoms with van der Waals surface area (Å²) in [7, 11) is 1.80. The Balaban J connectivity index is 1.85. The number of hydroxylamine groups is 1. The molecular formula is C21H26N6O2. The molecule has 1 aromatic carbocycles. The van der Waals surface area contributed by atoms with Gasteiger partial charge in [-0.05, 0) is 24.5 Å². The number of hydrogen-bond acceptors (Lipinski definition) is 6. The SMILES string of the molecule is CC/C(C)=C(\c1ccccc1)N1CCN(c2ncc(C(=O)NO)cn2)CC1=NC. The van der Waals surface area contributed by atoms with E-state index < -0.39 is 5.91 Å². The second-order valence-electron chi connectivity index (χ2n) is 6.77. The smallest absolute Gasteiger partial charge is 0.277 e. The zero-order valence-corrected chi connectivity index (χ0v) is 17.0. The predicted molar refractivity (Wildman–Crippen MR) is 113 cm³/mol. The van der Waals surface area contributed by atoms with E-state index in [1.165, 1.54) is 29.2 Å². The van der Waals surface area contributed by atoms with Crippen molar-refractivity contribution in [1.29, 1.82) is 0 Å². The number of hydrogen-bond donors (Lipinski definition) is 2. The average molecular weight is 394 g/mol. The van der Waals surface area contributed by atoms with Crippen LogP contribution in [0.2, 0.25) is 0 Å². The molecule has 2 heterocycles. The molecule has 0 atom stereocenters. The van der Waals surface area contributed by atoms with Crippen LogP contribution in [0.15, 0.2) is 53.3 Å². The topological polar surface area (TPSA) is 94.0 Å². The van der Waals surface area contributed by atoms with Crippen LogP contribution >= 0.6 is 0 Å². The standard InChI is InChI=1S/C21H26N6O2/c1-4-15(2)19(16-8-6-5-7-9-16)27-11-10-26(14-18(27)22-3)21-23-12-17(13-24-21)20(28)25-29/h5-9,12-13,29H,4,10-11,14H2,1-3H3,(H,25,28)/b19-15+,22-18?. The van der Waals surface area contributed by atoms with Gasteiger partial charge in [-0.3, -0.25) is 15.0 Å². The molecular weight excluding hydrogens is 368 g/mol. The van der Waals surface area contributed by atoms with E-state index in [-0.39, 0.29) is 5.56 Å². The molecule has 1 aliphatic rings. The summed E-state index contributed by atoms with van der Waals surface area (Å²) in [5, 5.41) is 8.72. The lowest BCUT2D eigenvalue weighted by atomic mass is 10.0. The summed E-state index contributed by atoms with van der Waals surface area (Å²) in [5.74, 6) is 0.825. The van der Waals surface area contributed by atoms with Crippen molar-refractivity contribution in [2.45, 2.75) is 20.3 Å². The van der Waals surface area contributed by atoms with Crippen molar-refractivity contribution in [2.24, 2.45) is 4.99 Å². The van der Waals surface area contributed by atoms with Gasteiger partial charge in [0.25, 0.3) is 5.91 Å². The predicted octanol–water partition coefficient (Wildman–Crippen LogP) is 2.59. The Labute approximate surface area is 170 Å². The first kappa shape index (κ1) is 20.5. The van der Waals surface area contributed by atoms with E-state index in [9.17, 15) is 4.79 Å². The van der Waals surface area contributed by atoms with Gasteiger partial charge in [-0.25, -0.2) is 15.4 Å². The summed E-state index contributed by atoms with van der Waals surface area (Å²) < 4.78 is 0. The van der Waals surface area contributed by atoms with Crippen molar-refractivity contribution < 1.29 is 10.0 Å². The van der Waals surface area contributed by atoms with Crippen LogP contribution in [0.1, 0.15) is 36.2 Å². The molecule has 0 radical (unpaired) electrons. The molecule has 0 bridgehead atoms. The number of nitrogens with zero attached hydrogens (tertiary/aromatic N) is 5. The number of allylic oxidation sites excluding steroid dienone is 1. The number of carbonyl (C=O) groups excluding carboxylic acids is 1. The maximum atomic E-state index is 11.5. The van der Waals surface area contributed by atoms with Crippen LogP contribution < -0.4 is 10.4 Å². The van der Waals surface area contributed by atoms with Gasteiger partial charge in [0.15, 0.2) is 0 Å². The van der Waals surface area contributed by atoms with Gasteiger partial charge in [-0.15, -0.1) is 0 Å². The summed E-state index contributed by atoms with van der Waals surface area (Å²) in [6, 6.07) is 10.4. The number of aromatic nitrogens is 2. The van der Waals surface area contributed by atoms with Gasteiger partial charge in [-0.2, -0.15) is 0 Å². The van der Waals surface area contributed by atoms with Crippen LogP contribution in [-0.2, 0) is 0 Å². The molecule has 2 aromatic rings. The number of amidine groups is 1. The molecule has 0 spiro atoms. The first-order valence-electron chi connectivity index (χ1n) is 9.58. The molecule has 2 N–H and O–H groups in total. The van der Waals surface area contributed by atoms with Gasteiger partial charge in [0.2, 0.25) is 5.95 Å². The molecule has 1 amide bonds. The highest BCUT2D eigenvalue weighted by molar-refractivity contribution is 5.95. The average Bonchev–Trinajstić information content (AvgIpc) is 2.79. The van der Waals surface area contributed by atoms with Crippen LogP contribution in [0.25, 0.3) is 5.70 Å². The third kappa shape index (κ3) is 4.43. The highest BCUT2D eigenvalue weighted by Crippen LogP contribution is 2.27. The number of anilines is 1. The van der Waals surface area contributed by atoms with E-state index in [0.717, 1.165) is 25.3 Å². The second kappa shape index (κ2) is 9.29. The van der Waals surface area contributed by atoms with Gasteiger partial charge >= 0.3 is 0 Å². The lowest BCUT2D eigenvalue weighted by molar-refractivity contribution is 0.0705. The molecule has 3 rings (SSSR count). The van der Waals surface area contributed by atoms with Crippen molar-refractivity contribution >= 4 is 23.4 Å². The third-order valence-corrected chi connectivity index (χ3v) is 5.03. The maximum absolute atomic E-state index is 11.5. The molecule has 29 heavy (non-hydrogen) atoms. The Morgan fingerprint density at radius 3 is 2.45 bits per heavy atom. The fourth-order valence-electron chi connectivity index (χ4n) is 3.35. The summed E-state index contributed by atoms with van der Waals surface area (Å²) in [6.07, 6.45) is 3.76. The first-order valence-corrected chi connectivity index (χ1v) is 9.58. The Hall–Kier alpha value is -3.26. The Bertz CT molecular complexity index is 909. The number of aliphatic imine (C=N–C) groups is 1. The van der Waals surface area contributed by atoms with Crippen molar-refractivity contribution in [1.82, 2.24) is 20.3 Å². The fraction of sp³-hybridized carbons (Fsp3) is 0.333. The largest absolute Gasteiger partial charge is 0.332 e. The van der Waals surface area contributed by atoms with Crippen molar-refractivity contribution in [3.05, 3.63) is 59.4 Å². The Kier molecular flexibility index (Phi) is 6.56. The van der Waals surface area contributed by atoms with Gasteiger partial charge < -0.3 is 9.80 Å².